The van der Waals surface area contributed by atoms with Crippen molar-refractivity contribution in [2.24, 2.45) is 4.99 Å². The average molecular weight is 563 g/mol. The van der Waals surface area contributed by atoms with E-state index in [0.29, 0.717) is 23.9 Å². The number of guanidine groups is 1. The molecule has 1 aromatic heterocycles. The molecule has 2 heterocycles. The number of hydrogen-bond acceptors (Lipinski definition) is 5. The lowest BCUT2D eigenvalue weighted by molar-refractivity contribution is 0.255. The third-order valence-electron chi connectivity index (χ3n) is 4.99. The minimum absolute atomic E-state index is 0. The van der Waals surface area contributed by atoms with Gasteiger partial charge in [0.25, 0.3) is 0 Å². The second kappa shape index (κ2) is 12.6. The van der Waals surface area contributed by atoms with Crippen molar-refractivity contribution in [3.05, 3.63) is 52.7 Å². The second-order valence-corrected chi connectivity index (χ2v) is 10.1. The molecular weight excluding hydrogens is 531 g/mol. The van der Waals surface area contributed by atoms with Crippen molar-refractivity contribution in [2.75, 3.05) is 38.5 Å². The van der Waals surface area contributed by atoms with E-state index < -0.39 is 9.84 Å². The summed E-state index contributed by atoms with van der Waals surface area (Å²) in [5, 5.41) is 8.52. The Morgan fingerprint density at radius 3 is 2.50 bits per heavy atom. The van der Waals surface area contributed by atoms with E-state index in [1.807, 2.05) is 13.0 Å². The van der Waals surface area contributed by atoms with E-state index in [0.717, 1.165) is 19.6 Å². The molecule has 0 amide bonds. The smallest absolute Gasteiger partial charge is 0.191 e. The van der Waals surface area contributed by atoms with Crippen LogP contribution in [0.15, 0.2) is 57.7 Å². The summed E-state index contributed by atoms with van der Waals surface area (Å²) in [6, 6.07) is 13.1. The van der Waals surface area contributed by atoms with Crippen LogP contribution in [-0.4, -0.2) is 57.8 Å². The summed E-state index contributed by atoms with van der Waals surface area (Å²) in [7, 11) is -3.30. The molecule has 0 spiro atoms. The Hall–Kier alpha value is -1.17. The topological polar surface area (TPSA) is 73.8 Å². The molecule has 1 fully saturated rings. The Kier molecular flexibility index (Phi) is 10.6. The molecule has 0 aliphatic carbocycles. The maximum atomic E-state index is 12.5. The summed E-state index contributed by atoms with van der Waals surface area (Å²) in [5.41, 5.74) is 0. The number of nitrogens with one attached hydrogen (secondary N) is 2. The number of nitrogens with zero attached hydrogens (tertiary/aromatic N) is 2. The minimum atomic E-state index is -3.30. The largest absolute Gasteiger partial charge is 0.357 e. The van der Waals surface area contributed by atoms with Crippen molar-refractivity contribution in [3.8, 4) is 0 Å². The molecule has 1 saturated heterocycles. The normalized spacial score (nSPS) is 16.1. The van der Waals surface area contributed by atoms with E-state index in [1.54, 1.807) is 35.6 Å². The predicted octanol–water partition coefficient (Wildman–Crippen LogP) is 3.53. The van der Waals surface area contributed by atoms with Gasteiger partial charge < -0.3 is 10.6 Å². The average Bonchev–Trinajstić information content (AvgIpc) is 3.43. The van der Waals surface area contributed by atoms with Gasteiger partial charge in [0.1, 0.15) is 0 Å². The van der Waals surface area contributed by atoms with E-state index in [1.165, 1.54) is 17.7 Å². The standard InChI is InChI=1S/C21H30N4O2S2.HI/c1-2-22-21(23-12-16-29(26,27)18-9-4-3-5-10-18)24-17-19(20-11-8-15-28-20)25-13-6-7-14-25;/h3-5,8-11,15,19H,2,6-7,12-14,16-17H2,1H3,(H2,22,23,24);1H. The van der Waals surface area contributed by atoms with Gasteiger partial charge in [-0.1, -0.05) is 24.3 Å². The Bertz CT molecular complexity index is 868. The molecular formula is C21H31IN4O2S2. The van der Waals surface area contributed by atoms with Crippen LogP contribution in [0, 0.1) is 0 Å². The highest BCUT2D eigenvalue weighted by Gasteiger charge is 2.24. The van der Waals surface area contributed by atoms with Crippen molar-refractivity contribution < 1.29 is 8.42 Å². The second-order valence-electron chi connectivity index (χ2n) is 7.05. The van der Waals surface area contributed by atoms with Gasteiger partial charge in [-0.3, -0.25) is 9.89 Å². The maximum Gasteiger partial charge on any atom is 0.191 e. The number of sulfone groups is 1. The van der Waals surface area contributed by atoms with Gasteiger partial charge in [0.05, 0.1) is 23.2 Å². The summed E-state index contributed by atoms with van der Waals surface area (Å²) in [5.74, 6) is 0.693. The van der Waals surface area contributed by atoms with Crippen molar-refractivity contribution in [2.45, 2.75) is 30.7 Å². The third kappa shape index (κ3) is 7.21. The third-order valence-corrected chi connectivity index (χ3v) is 7.69. The molecule has 30 heavy (non-hydrogen) atoms. The van der Waals surface area contributed by atoms with Crippen LogP contribution in [0.5, 0.6) is 0 Å². The van der Waals surface area contributed by atoms with Crippen LogP contribution in [0.25, 0.3) is 0 Å². The highest BCUT2D eigenvalue weighted by Crippen LogP contribution is 2.28. The molecule has 3 rings (SSSR count). The zero-order valence-electron chi connectivity index (χ0n) is 17.3. The van der Waals surface area contributed by atoms with Gasteiger partial charge in [-0.15, -0.1) is 35.3 Å². The molecule has 6 nitrogen and oxygen atoms in total. The minimum Gasteiger partial charge on any atom is -0.357 e. The summed E-state index contributed by atoms with van der Waals surface area (Å²) in [6.07, 6.45) is 2.47. The van der Waals surface area contributed by atoms with E-state index in [4.69, 9.17) is 4.99 Å². The van der Waals surface area contributed by atoms with Crippen LogP contribution in [0.3, 0.4) is 0 Å². The quantitative estimate of drug-likeness (QED) is 0.278. The Balaban J connectivity index is 0.00000320. The van der Waals surface area contributed by atoms with E-state index in [-0.39, 0.29) is 35.8 Å². The van der Waals surface area contributed by atoms with E-state index >= 15 is 0 Å². The predicted molar refractivity (Wildman–Crippen MR) is 136 cm³/mol. The maximum absolute atomic E-state index is 12.5. The SMILES string of the molecule is CCNC(=NCC(c1cccs1)N1CCCC1)NCCS(=O)(=O)c1ccccc1.I. The molecule has 9 heteroatoms. The first kappa shape index (κ1) is 25.1. The molecule has 1 unspecified atom stereocenters. The van der Waals surface area contributed by atoms with Crippen molar-refractivity contribution in [3.63, 3.8) is 0 Å². The number of rotatable bonds is 9. The molecule has 2 N–H and O–H groups in total. The molecule has 0 bridgehead atoms. The first-order chi connectivity index (χ1) is 14.1. The highest BCUT2D eigenvalue weighted by atomic mass is 127. The van der Waals surface area contributed by atoms with Gasteiger partial charge in [0, 0.05) is 18.0 Å². The van der Waals surface area contributed by atoms with Gasteiger partial charge in [-0.25, -0.2) is 8.42 Å². The zero-order chi connectivity index (χ0) is 20.5. The fourth-order valence-corrected chi connectivity index (χ4v) is 5.52. The van der Waals surface area contributed by atoms with E-state index in [9.17, 15) is 8.42 Å². The summed E-state index contributed by atoms with van der Waals surface area (Å²) in [6.45, 7) is 5.92. The first-order valence-corrected chi connectivity index (χ1v) is 12.7. The van der Waals surface area contributed by atoms with Crippen LogP contribution in [-0.2, 0) is 9.84 Å². The number of likely N-dealkylation sites (tertiary alicyclic amines) is 1. The molecule has 1 aliphatic heterocycles. The van der Waals surface area contributed by atoms with Crippen LogP contribution < -0.4 is 10.6 Å². The Morgan fingerprint density at radius 2 is 1.87 bits per heavy atom. The van der Waals surface area contributed by atoms with Gasteiger partial charge in [0.15, 0.2) is 15.8 Å². The summed E-state index contributed by atoms with van der Waals surface area (Å²) in [4.78, 5) is 8.96. The lowest BCUT2D eigenvalue weighted by Crippen LogP contribution is -2.40. The van der Waals surface area contributed by atoms with Crippen LogP contribution in [0.4, 0.5) is 0 Å². The van der Waals surface area contributed by atoms with Gasteiger partial charge in [-0.05, 0) is 56.4 Å². The molecule has 1 atom stereocenters. The van der Waals surface area contributed by atoms with Crippen molar-refractivity contribution >= 4 is 51.1 Å². The van der Waals surface area contributed by atoms with Crippen molar-refractivity contribution in [1.29, 1.82) is 0 Å². The summed E-state index contributed by atoms with van der Waals surface area (Å²) < 4.78 is 24.9. The van der Waals surface area contributed by atoms with Gasteiger partial charge >= 0.3 is 0 Å². The van der Waals surface area contributed by atoms with Crippen LogP contribution in [0.2, 0.25) is 0 Å². The monoisotopic (exact) mass is 562 g/mol. The fraction of sp³-hybridized carbons (Fsp3) is 0.476. The molecule has 0 saturated carbocycles. The van der Waals surface area contributed by atoms with Gasteiger partial charge in [0.2, 0.25) is 0 Å². The Labute approximate surface area is 201 Å². The summed E-state index contributed by atoms with van der Waals surface area (Å²) >= 11 is 1.77. The first-order valence-electron chi connectivity index (χ1n) is 10.2. The lowest BCUT2D eigenvalue weighted by atomic mass is 10.2. The Morgan fingerprint density at radius 1 is 1.13 bits per heavy atom. The number of hydrogen-bond donors (Lipinski definition) is 2. The highest BCUT2D eigenvalue weighted by molar-refractivity contribution is 14.0. The molecule has 166 valence electrons. The fourth-order valence-electron chi connectivity index (χ4n) is 3.49. The van der Waals surface area contributed by atoms with Crippen LogP contribution >= 0.6 is 35.3 Å². The number of benzene rings is 1. The molecule has 1 aliphatic rings. The number of aliphatic imine (C=N–C) groups is 1. The van der Waals surface area contributed by atoms with Gasteiger partial charge in [-0.2, -0.15) is 0 Å². The van der Waals surface area contributed by atoms with Crippen LogP contribution in [0.1, 0.15) is 30.7 Å². The number of thiophene rings is 1. The molecule has 1 aromatic carbocycles. The van der Waals surface area contributed by atoms with E-state index in [2.05, 4.69) is 33.0 Å². The zero-order valence-corrected chi connectivity index (χ0v) is 21.3. The van der Waals surface area contributed by atoms with Crippen molar-refractivity contribution in [1.82, 2.24) is 15.5 Å². The lowest BCUT2D eigenvalue weighted by Gasteiger charge is -2.25. The number of halogens is 1. The molecule has 0 radical (unpaired) electrons. The molecule has 2 aromatic rings.